The molecule has 17 heavy (non-hydrogen) atoms. The lowest BCUT2D eigenvalue weighted by molar-refractivity contribution is -0.113. The number of aromatic amines is 1. The molecule has 1 saturated heterocycles. The Kier molecular flexibility index (Phi) is 3.41. The zero-order valence-corrected chi connectivity index (χ0v) is 9.07. The predicted octanol–water partition coefficient (Wildman–Crippen LogP) is -1.78. The van der Waals surface area contributed by atoms with Gasteiger partial charge in [-0.2, -0.15) is 0 Å². The number of H-pyrrole nitrogens is 1. The van der Waals surface area contributed by atoms with Crippen LogP contribution in [0.15, 0.2) is 21.9 Å². The van der Waals surface area contributed by atoms with Crippen LogP contribution in [0, 0.1) is 0 Å². The van der Waals surface area contributed by atoms with Crippen LogP contribution in [0.5, 0.6) is 0 Å². The van der Waals surface area contributed by atoms with Crippen LogP contribution in [0.4, 0.5) is 0 Å². The van der Waals surface area contributed by atoms with E-state index in [-0.39, 0.29) is 19.3 Å². The molecule has 0 amide bonds. The summed E-state index contributed by atoms with van der Waals surface area (Å²) in [7, 11) is 0. The van der Waals surface area contributed by atoms with E-state index < -0.39 is 23.5 Å². The van der Waals surface area contributed by atoms with Crippen LogP contribution in [0.1, 0.15) is 12.5 Å². The molecule has 1 fully saturated rings. The second-order valence-electron chi connectivity index (χ2n) is 4.03. The van der Waals surface area contributed by atoms with Crippen LogP contribution in [-0.4, -0.2) is 45.2 Å². The van der Waals surface area contributed by atoms with Crippen molar-refractivity contribution >= 4 is 0 Å². The molecular formula is C10H14N2O5. The standard InChI is InChI=1S/C10H14N2O5/c13-4-8-7(14)3-6(5-17-8)12-2-1-9(15)11-10(12)16/h1-2,6-8,13-14H,3-5H2,(H,11,15,16)/t6-,7-,8+/m0/s1. The largest absolute Gasteiger partial charge is 0.394 e. The van der Waals surface area contributed by atoms with Gasteiger partial charge in [-0.05, 0) is 6.42 Å². The number of ether oxygens (including phenoxy) is 1. The van der Waals surface area contributed by atoms with Gasteiger partial charge in [-0.3, -0.25) is 14.3 Å². The molecule has 7 nitrogen and oxygen atoms in total. The molecule has 0 radical (unpaired) electrons. The van der Waals surface area contributed by atoms with E-state index in [0.29, 0.717) is 6.42 Å². The molecular weight excluding hydrogens is 228 g/mol. The lowest BCUT2D eigenvalue weighted by atomic mass is 10.0. The normalized spacial score (nSPS) is 29.2. The third-order valence-corrected chi connectivity index (χ3v) is 2.87. The average Bonchev–Trinajstić information content (AvgIpc) is 2.29. The molecule has 1 aliphatic heterocycles. The van der Waals surface area contributed by atoms with Gasteiger partial charge in [0.2, 0.25) is 0 Å². The third kappa shape index (κ3) is 2.46. The van der Waals surface area contributed by atoms with Crippen molar-refractivity contribution < 1.29 is 14.9 Å². The van der Waals surface area contributed by atoms with Crippen LogP contribution in [0.2, 0.25) is 0 Å². The highest BCUT2D eigenvalue weighted by Gasteiger charge is 2.30. The molecule has 0 aliphatic carbocycles. The van der Waals surface area contributed by atoms with Crippen molar-refractivity contribution in [1.82, 2.24) is 9.55 Å². The first-order chi connectivity index (χ1) is 8.11. The van der Waals surface area contributed by atoms with E-state index in [1.807, 2.05) is 0 Å². The van der Waals surface area contributed by atoms with Gasteiger partial charge in [-0.1, -0.05) is 0 Å². The molecule has 7 heteroatoms. The molecule has 1 aromatic heterocycles. The van der Waals surface area contributed by atoms with E-state index in [0.717, 1.165) is 0 Å². The summed E-state index contributed by atoms with van der Waals surface area (Å²) >= 11 is 0. The molecule has 0 aromatic carbocycles. The molecule has 1 aliphatic rings. The Balaban J connectivity index is 2.19. The van der Waals surface area contributed by atoms with Gasteiger partial charge in [-0.15, -0.1) is 0 Å². The number of aliphatic hydroxyl groups excluding tert-OH is 2. The van der Waals surface area contributed by atoms with Gasteiger partial charge in [0.25, 0.3) is 5.56 Å². The van der Waals surface area contributed by atoms with Crippen molar-refractivity contribution in [1.29, 1.82) is 0 Å². The summed E-state index contributed by atoms with van der Waals surface area (Å²) in [5.41, 5.74) is -0.988. The number of aliphatic hydroxyl groups is 2. The zero-order chi connectivity index (χ0) is 12.4. The maximum absolute atomic E-state index is 11.5. The molecule has 0 unspecified atom stereocenters. The molecule has 0 spiro atoms. The van der Waals surface area contributed by atoms with Gasteiger partial charge in [0, 0.05) is 12.3 Å². The maximum Gasteiger partial charge on any atom is 0.328 e. The number of hydrogen-bond donors (Lipinski definition) is 3. The van der Waals surface area contributed by atoms with Crippen molar-refractivity contribution in [2.75, 3.05) is 13.2 Å². The fourth-order valence-corrected chi connectivity index (χ4v) is 1.93. The SMILES string of the molecule is O=c1ccn([C@@H]2CO[C@H](CO)[C@@H](O)C2)c(=O)[nH]1. The monoisotopic (exact) mass is 242 g/mol. The number of rotatable bonds is 2. The van der Waals surface area contributed by atoms with Crippen LogP contribution in [0.3, 0.4) is 0 Å². The predicted molar refractivity (Wildman–Crippen MR) is 57.8 cm³/mol. The van der Waals surface area contributed by atoms with Gasteiger partial charge >= 0.3 is 5.69 Å². The van der Waals surface area contributed by atoms with Gasteiger partial charge in [0.15, 0.2) is 0 Å². The lowest BCUT2D eigenvalue weighted by Gasteiger charge is -2.32. The van der Waals surface area contributed by atoms with Crippen LogP contribution < -0.4 is 11.2 Å². The molecule has 0 saturated carbocycles. The summed E-state index contributed by atoms with van der Waals surface area (Å²) in [4.78, 5) is 24.6. The Morgan fingerprint density at radius 3 is 2.88 bits per heavy atom. The fourth-order valence-electron chi connectivity index (χ4n) is 1.93. The Morgan fingerprint density at radius 1 is 1.53 bits per heavy atom. The summed E-state index contributed by atoms with van der Waals surface area (Å²) in [5.74, 6) is 0. The first-order valence-corrected chi connectivity index (χ1v) is 5.34. The average molecular weight is 242 g/mol. The van der Waals surface area contributed by atoms with Crippen molar-refractivity contribution in [2.45, 2.75) is 24.7 Å². The molecule has 2 heterocycles. The Morgan fingerprint density at radius 2 is 2.29 bits per heavy atom. The minimum absolute atomic E-state index is 0.217. The van der Waals surface area contributed by atoms with Crippen molar-refractivity contribution in [2.24, 2.45) is 0 Å². The second kappa shape index (κ2) is 4.82. The number of aromatic nitrogens is 2. The quantitative estimate of drug-likeness (QED) is 0.568. The van der Waals surface area contributed by atoms with E-state index in [4.69, 9.17) is 9.84 Å². The molecule has 2 rings (SSSR count). The summed E-state index contributed by atoms with van der Waals surface area (Å²) < 4.78 is 6.56. The van der Waals surface area contributed by atoms with Crippen molar-refractivity contribution in [3.63, 3.8) is 0 Å². The minimum atomic E-state index is -0.822. The van der Waals surface area contributed by atoms with E-state index in [2.05, 4.69) is 4.98 Å². The first-order valence-electron chi connectivity index (χ1n) is 5.34. The van der Waals surface area contributed by atoms with Crippen LogP contribution in [0.25, 0.3) is 0 Å². The smallest absolute Gasteiger partial charge is 0.328 e. The van der Waals surface area contributed by atoms with E-state index in [1.165, 1.54) is 16.8 Å². The lowest BCUT2D eigenvalue weighted by Crippen LogP contribution is -2.44. The highest BCUT2D eigenvalue weighted by atomic mass is 16.5. The molecule has 1 aromatic rings. The molecule has 0 bridgehead atoms. The third-order valence-electron chi connectivity index (χ3n) is 2.87. The van der Waals surface area contributed by atoms with Crippen molar-refractivity contribution in [3.05, 3.63) is 33.1 Å². The van der Waals surface area contributed by atoms with Crippen molar-refractivity contribution in [3.8, 4) is 0 Å². The highest BCUT2D eigenvalue weighted by Crippen LogP contribution is 2.22. The number of nitrogens with one attached hydrogen (secondary N) is 1. The summed E-state index contributed by atoms with van der Waals surface area (Å²) in [6.07, 6.45) is 0.250. The van der Waals surface area contributed by atoms with Gasteiger partial charge in [0.05, 0.1) is 25.4 Å². The number of hydrogen-bond acceptors (Lipinski definition) is 5. The Hall–Kier alpha value is -1.44. The van der Waals surface area contributed by atoms with E-state index >= 15 is 0 Å². The Bertz CT molecular complexity index is 494. The van der Waals surface area contributed by atoms with Gasteiger partial charge in [0.1, 0.15) is 6.10 Å². The number of nitrogens with zero attached hydrogens (tertiary/aromatic N) is 1. The van der Waals surface area contributed by atoms with Gasteiger partial charge in [-0.25, -0.2) is 4.79 Å². The second-order valence-corrected chi connectivity index (χ2v) is 4.03. The zero-order valence-electron chi connectivity index (χ0n) is 9.07. The minimum Gasteiger partial charge on any atom is -0.394 e. The summed E-state index contributed by atoms with van der Waals surface area (Å²) in [6, 6.07) is 0.906. The van der Waals surface area contributed by atoms with Crippen LogP contribution in [-0.2, 0) is 4.74 Å². The fraction of sp³-hybridized carbons (Fsp3) is 0.600. The van der Waals surface area contributed by atoms with Gasteiger partial charge < -0.3 is 14.9 Å². The summed E-state index contributed by atoms with van der Waals surface area (Å²) in [6.45, 7) is -0.0390. The highest BCUT2D eigenvalue weighted by molar-refractivity contribution is 4.89. The van der Waals surface area contributed by atoms with Crippen LogP contribution >= 0.6 is 0 Å². The topological polar surface area (TPSA) is 105 Å². The Labute approximate surface area is 96.3 Å². The molecule has 94 valence electrons. The molecule has 3 N–H and O–H groups in total. The first kappa shape index (κ1) is 12.0. The summed E-state index contributed by atoms with van der Waals surface area (Å²) in [5, 5.41) is 18.6. The van der Waals surface area contributed by atoms with E-state index in [1.54, 1.807) is 0 Å². The molecule has 3 atom stereocenters. The van der Waals surface area contributed by atoms with E-state index in [9.17, 15) is 14.7 Å². The maximum atomic E-state index is 11.5.